The molecular weight excluding hydrogens is 306 g/mol. The van der Waals surface area contributed by atoms with E-state index in [1.807, 2.05) is 35.7 Å². The molecule has 0 aliphatic rings. The van der Waals surface area contributed by atoms with Gasteiger partial charge in [0.05, 0.1) is 10.4 Å². The molecule has 3 rings (SSSR count). The van der Waals surface area contributed by atoms with E-state index in [0.717, 1.165) is 33.6 Å². The van der Waals surface area contributed by atoms with E-state index in [-0.39, 0.29) is 5.91 Å². The number of pyridine rings is 1. The highest BCUT2D eigenvalue weighted by Gasteiger charge is 2.06. The number of thiophene rings is 1. The molecule has 0 radical (unpaired) electrons. The van der Waals surface area contributed by atoms with Gasteiger partial charge in [0.1, 0.15) is 0 Å². The van der Waals surface area contributed by atoms with Crippen molar-refractivity contribution in [2.24, 2.45) is 0 Å². The SMILES string of the molecule is CCc1cc(NCCNC(=O)c2cccs2)c2ccccc2n1. The van der Waals surface area contributed by atoms with Gasteiger partial charge in [-0.05, 0) is 30.0 Å². The molecule has 0 spiro atoms. The first-order valence-electron chi connectivity index (χ1n) is 7.72. The predicted molar refractivity (Wildman–Crippen MR) is 96.3 cm³/mol. The van der Waals surface area contributed by atoms with E-state index in [4.69, 9.17) is 0 Å². The number of aryl methyl sites for hydroxylation is 1. The Labute approximate surface area is 139 Å². The van der Waals surface area contributed by atoms with Crippen LogP contribution in [-0.2, 0) is 6.42 Å². The standard InChI is InChI=1S/C18H19N3OS/c1-2-13-12-16(14-6-3-4-7-15(14)21-13)19-9-10-20-18(22)17-8-5-11-23-17/h3-8,11-12H,2,9-10H2,1H3,(H,19,21)(H,20,22). The van der Waals surface area contributed by atoms with Crippen molar-refractivity contribution < 1.29 is 4.79 Å². The lowest BCUT2D eigenvalue weighted by Crippen LogP contribution is -2.28. The fourth-order valence-corrected chi connectivity index (χ4v) is 3.07. The molecule has 2 N–H and O–H groups in total. The van der Waals surface area contributed by atoms with E-state index >= 15 is 0 Å². The van der Waals surface area contributed by atoms with E-state index in [9.17, 15) is 4.79 Å². The Kier molecular flexibility index (Phi) is 4.88. The van der Waals surface area contributed by atoms with Crippen molar-refractivity contribution in [2.75, 3.05) is 18.4 Å². The molecule has 5 heteroatoms. The minimum absolute atomic E-state index is 0.0179. The minimum Gasteiger partial charge on any atom is -0.383 e. The van der Waals surface area contributed by atoms with Gasteiger partial charge in [0.15, 0.2) is 0 Å². The Bertz CT molecular complexity index is 799. The van der Waals surface area contributed by atoms with Gasteiger partial charge >= 0.3 is 0 Å². The number of rotatable bonds is 6. The quantitative estimate of drug-likeness (QED) is 0.680. The lowest BCUT2D eigenvalue weighted by molar-refractivity contribution is 0.0959. The molecule has 4 nitrogen and oxygen atoms in total. The third-order valence-corrected chi connectivity index (χ3v) is 4.47. The van der Waals surface area contributed by atoms with Crippen molar-refractivity contribution >= 4 is 33.8 Å². The summed E-state index contributed by atoms with van der Waals surface area (Å²) in [6.45, 7) is 3.35. The van der Waals surface area contributed by atoms with E-state index in [2.05, 4.69) is 34.7 Å². The molecule has 0 bridgehead atoms. The number of carbonyl (C=O) groups is 1. The van der Waals surface area contributed by atoms with Crippen molar-refractivity contribution in [2.45, 2.75) is 13.3 Å². The van der Waals surface area contributed by atoms with Gasteiger partial charge in [-0.1, -0.05) is 31.2 Å². The smallest absolute Gasteiger partial charge is 0.261 e. The van der Waals surface area contributed by atoms with Gasteiger partial charge < -0.3 is 10.6 Å². The van der Waals surface area contributed by atoms with Gasteiger partial charge in [0.25, 0.3) is 5.91 Å². The molecule has 3 aromatic rings. The first-order valence-corrected chi connectivity index (χ1v) is 8.60. The number of nitrogens with zero attached hydrogens (tertiary/aromatic N) is 1. The molecule has 1 aromatic carbocycles. The van der Waals surface area contributed by atoms with Crippen molar-refractivity contribution in [3.63, 3.8) is 0 Å². The van der Waals surface area contributed by atoms with Crippen LogP contribution < -0.4 is 10.6 Å². The zero-order chi connectivity index (χ0) is 16.1. The molecule has 118 valence electrons. The number of aromatic nitrogens is 1. The van der Waals surface area contributed by atoms with Crippen LogP contribution in [0.5, 0.6) is 0 Å². The summed E-state index contributed by atoms with van der Waals surface area (Å²) in [7, 11) is 0. The maximum atomic E-state index is 11.9. The molecule has 2 heterocycles. The highest BCUT2D eigenvalue weighted by atomic mass is 32.1. The van der Waals surface area contributed by atoms with E-state index in [1.54, 1.807) is 0 Å². The molecule has 1 amide bonds. The van der Waals surface area contributed by atoms with Crippen LogP contribution in [-0.4, -0.2) is 24.0 Å². The summed E-state index contributed by atoms with van der Waals surface area (Å²) in [6.07, 6.45) is 0.897. The summed E-state index contributed by atoms with van der Waals surface area (Å²) in [5.74, 6) is -0.0179. The van der Waals surface area contributed by atoms with Gasteiger partial charge in [-0.3, -0.25) is 9.78 Å². The third kappa shape index (κ3) is 3.68. The Morgan fingerprint density at radius 3 is 2.83 bits per heavy atom. The van der Waals surface area contributed by atoms with Crippen LogP contribution in [0.4, 0.5) is 5.69 Å². The summed E-state index contributed by atoms with van der Waals surface area (Å²) in [6, 6.07) is 13.9. The van der Waals surface area contributed by atoms with E-state index in [1.165, 1.54) is 11.3 Å². The lowest BCUT2D eigenvalue weighted by Gasteiger charge is -2.12. The maximum Gasteiger partial charge on any atom is 0.261 e. The topological polar surface area (TPSA) is 54.0 Å². The molecule has 0 aliphatic heterocycles. The van der Waals surface area contributed by atoms with Crippen molar-refractivity contribution in [1.29, 1.82) is 0 Å². The van der Waals surface area contributed by atoms with Crippen LogP contribution in [0.2, 0.25) is 0 Å². The molecule has 0 atom stereocenters. The minimum atomic E-state index is -0.0179. The Morgan fingerprint density at radius 2 is 2.04 bits per heavy atom. The first-order chi connectivity index (χ1) is 11.3. The number of para-hydroxylation sites is 1. The van der Waals surface area contributed by atoms with Gasteiger partial charge in [0.2, 0.25) is 0 Å². The molecule has 0 aliphatic carbocycles. The highest BCUT2D eigenvalue weighted by molar-refractivity contribution is 7.12. The fraction of sp³-hybridized carbons (Fsp3) is 0.222. The van der Waals surface area contributed by atoms with Gasteiger partial charge in [-0.2, -0.15) is 0 Å². The van der Waals surface area contributed by atoms with Gasteiger partial charge in [-0.25, -0.2) is 0 Å². The molecule has 0 fully saturated rings. The molecule has 2 aromatic heterocycles. The third-order valence-electron chi connectivity index (χ3n) is 3.60. The van der Waals surface area contributed by atoms with E-state index in [0.29, 0.717) is 13.1 Å². The van der Waals surface area contributed by atoms with Crippen molar-refractivity contribution in [1.82, 2.24) is 10.3 Å². The number of fused-ring (bicyclic) bond motifs is 1. The number of carbonyl (C=O) groups excluding carboxylic acids is 1. The lowest BCUT2D eigenvalue weighted by atomic mass is 10.1. The first kappa shape index (κ1) is 15.5. The average Bonchev–Trinajstić information content (AvgIpc) is 3.12. The van der Waals surface area contributed by atoms with Crippen LogP contribution >= 0.6 is 11.3 Å². The highest BCUT2D eigenvalue weighted by Crippen LogP contribution is 2.23. The van der Waals surface area contributed by atoms with Crippen molar-refractivity contribution in [3.05, 3.63) is 58.4 Å². The summed E-state index contributed by atoms with van der Waals surface area (Å²) >= 11 is 1.45. The zero-order valence-electron chi connectivity index (χ0n) is 13.0. The Hall–Kier alpha value is -2.40. The summed E-state index contributed by atoms with van der Waals surface area (Å²) in [5.41, 5.74) is 3.13. The maximum absolute atomic E-state index is 11.9. The molecule has 23 heavy (non-hydrogen) atoms. The van der Waals surface area contributed by atoms with Crippen LogP contribution in [0, 0.1) is 0 Å². The second-order valence-electron chi connectivity index (χ2n) is 5.19. The molecule has 0 unspecified atom stereocenters. The number of anilines is 1. The van der Waals surface area contributed by atoms with Gasteiger partial charge in [-0.15, -0.1) is 11.3 Å². The van der Waals surface area contributed by atoms with Crippen LogP contribution in [0.1, 0.15) is 22.3 Å². The zero-order valence-corrected chi connectivity index (χ0v) is 13.8. The predicted octanol–water partition coefficient (Wildman–Crippen LogP) is 3.70. The van der Waals surface area contributed by atoms with Crippen LogP contribution in [0.25, 0.3) is 10.9 Å². The van der Waals surface area contributed by atoms with Crippen molar-refractivity contribution in [3.8, 4) is 0 Å². The number of hydrogen-bond acceptors (Lipinski definition) is 4. The second kappa shape index (κ2) is 7.24. The molecule has 0 saturated carbocycles. The Morgan fingerprint density at radius 1 is 1.17 bits per heavy atom. The number of nitrogens with one attached hydrogen (secondary N) is 2. The van der Waals surface area contributed by atoms with Gasteiger partial charge in [0, 0.05) is 29.9 Å². The van der Waals surface area contributed by atoms with E-state index < -0.39 is 0 Å². The van der Waals surface area contributed by atoms with Crippen LogP contribution in [0.15, 0.2) is 47.8 Å². The number of amides is 1. The van der Waals surface area contributed by atoms with Crippen LogP contribution in [0.3, 0.4) is 0 Å². The second-order valence-corrected chi connectivity index (χ2v) is 6.14. The Balaban J connectivity index is 1.64. The molecule has 0 saturated heterocycles. The summed E-state index contributed by atoms with van der Waals surface area (Å²) in [4.78, 5) is 17.3. The molecular formula is C18H19N3OS. The average molecular weight is 325 g/mol. The fourth-order valence-electron chi connectivity index (χ4n) is 2.43. The largest absolute Gasteiger partial charge is 0.383 e. The summed E-state index contributed by atoms with van der Waals surface area (Å²) in [5, 5.41) is 9.35. The number of hydrogen-bond donors (Lipinski definition) is 2. The summed E-state index contributed by atoms with van der Waals surface area (Å²) < 4.78 is 0. The normalized spacial score (nSPS) is 10.7. The number of benzene rings is 1. The monoisotopic (exact) mass is 325 g/mol.